The van der Waals surface area contributed by atoms with Gasteiger partial charge in [0, 0.05) is 11.8 Å². The Morgan fingerprint density at radius 2 is 1.61 bits per heavy atom. The number of imide groups is 1. The highest BCUT2D eigenvalue weighted by Crippen LogP contribution is 2.31. The summed E-state index contributed by atoms with van der Waals surface area (Å²) in [6.07, 6.45) is -1.06. The normalized spacial score (nSPS) is 11.6. The first-order valence-corrected chi connectivity index (χ1v) is 9.55. The van der Waals surface area contributed by atoms with Gasteiger partial charge in [0.2, 0.25) is 11.8 Å². The summed E-state index contributed by atoms with van der Waals surface area (Å²) in [5, 5.41) is -0.0895. The largest absolute Gasteiger partial charge is 0.443 e. The van der Waals surface area contributed by atoms with Gasteiger partial charge in [-0.3, -0.25) is 0 Å². The lowest BCUT2D eigenvalue weighted by molar-refractivity contribution is 0.0427. The number of aromatic nitrogens is 2. The quantitative estimate of drug-likeness (QED) is 0.619. The van der Waals surface area contributed by atoms with Crippen molar-refractivity contribution in [3.8, 4) is 11.6 Å². The monoisotopic (exact) mass is 454 g/mol. The highest BCUT2D eigenvalue weighted by Gasteiger charge is 2.35. The molecule has 9 nitrogen and oxygen atoms in total. The third-order valence-corrected chi connectivity index (χ3v) is 3.47. The third-order valence-electron chi connectivity index (χ3n) is 3.21. The van der Waals surface area contributed by atoms with Crippen LogP contribution in [0.3, 0.4) is 0 Å². The minimum atomic E-state index is -1.08. The molecule has 2 aromatic rings. The molecule has 168 valence electrons. The summed E-state index contributed by atoms with van der Waals surface area (Å²) < 4.78 is 30.0. The summed E-state index contributed by atoms with van der Waals surface area (Å²) in [4.78, 5) is 33.8. The van der Waals surface area contributed by atoms with Crippen LogP contribution in [0.1, 0.15) is 41.5 Å². The van der Waals surface area contributed by atoms with Crippen molar-refractivity contribution >= 4 is 35.4 Å². The third kappa shape index (κ3) is 6.95. The minimum absolute atomic E-state index is 0.0895. The predicted molar refractivity (Wildman–Crippen MR) is 113 cm³/mol. The number of carbonyl (C=O) groups is 2. The molecule has 2 amide bonds. The van der Waals surface area contributed by atoms with E-state index in [0.717, 1.165) is 12.3 Å². The van der Waals surface area contributed by atoms with Crippen molar-refractivity contribution in [2.45, 2.75) is 52.7 Å². The van der Waals surface area contributed by atoms with Gasteiger partial charge in [0.25, 0.3) is 0 Å². The molecule has 0 aliphatic carbocycles. The fraction of sp³-hybridized carbons (Fsp3) is 0.400. The summed E-state index contributed by atoms with van der Waals surface area (Å²) in [5.74, 6) is -1.71. The number of nitrogens with two attached hydrogens (primary N) is 1. The molecule has 0 saturated carbocycles. The van der Waals surface area contributed by atoms with E-state index in [-0.39, 0.29) is 22.3 Å². The summed E-state index contributed by atoms with van der Waals surface area (Å²) >= 11 is 6.06. The molecule has 2 rings (SSSR count). The van der Waals surface area contributed by atoms with Gasteiger partial charge >= 0.3 is 12.2 Å². The predicted octanol–water partition coefficient (Wildman–Crippen LogP) is 5.32. The van der Waals surface area contributed by atoms with Crippen molar-refractivity contribution < 1.29 is 28.2 Å². The van der Waals surface area contributed by atoms with E-state index in [9.17, 15) is 14.0 Å². The second kappa shape index (κ2) is 8.93. The molecule has 0 aliphatic rings. The molecule has 1 aromatic heterocycles. The van der Waals surface area contributed by atoms with Gasteiger partial charge in [-0.25, -0.2) is 19.0 Å². The Balaban J connectivity index is 2.46. The van der Waals surface area contributed by atoms with Crippen molar-refractivity contribution in [3.63, 3.8) is 0 Å². The van der Waals surface area contributed by atoms with Crippen LogP contribution in [0, 0.1) is 5.82 Å². The maximum Gasteiger partial charge on any atom is 0.427 e. The Bertz CT molecular complexity index is 961. The number of hydrogen-bond donors (Lipinski definition) is 1. The second-order valence-corrected chi connectivity index (χ2v) is 8.82. The summed E-state index contributed by atoms with van der Waals surface area (Å²) in [6.45, 7) is 9.75. The standard InChI is InChI=1S/C20H24ClFN4O5/c1-19(2,3)30-17(27)26(18(28)31-20(4,5)6)16-24-10-12(21)15(25-16)29-14-8-7-11(23)9-13(14)22/h7-10H,23H2,1-6H3. The van der Waals surface area contributed by atoms with Gasteiger partial charge in [-0.1, -0.05) is 11.6 Å². The van der Waals surface area contributed by atoms with Gasteiger partial charge in [-0.05, 0) is 53.7 Å². The minimum Gasteiger partial charge on any atom is -0.443 e. The van der Waals surface area contributed by atoms with Crippen molar-refractivity contribution in [2.24, 2.45) is 0 Å². The smallest absolute Gasteiger partial charge is 0.427 e. The number of ether oxygens (including phenoxy) is 3. The number of carbonyl (C=O) groups excluding carboxylic acids is 2. The van der Waals surface area contributed by atoms with Crippen LogP contribution in [0.5, 0.6) is 11.6 Å². The summed E-state index contributed by atoms with van der Waals surface area (Å²) in [6, 6.07) is 3.75. The molecule has 0 radical (unpaired) electrons. The van der Waals surface area contributed by atoms with E-state index >= 15 is 0 Å². The zero-order valence-corrected chi connectivity index (χ0v) is 18.8. The maximum atomic E-state index is 14.1. The van der Waals surface area contributed by atoms with Crippen LogP contribution in [0.15, 0.2) is 24.4 Å². The molecule has 0 fully saturated rings. The van der Waals surface area contributed by atoms with Crippen LogP contribution >= 0.6 is 11.6 Å². The number of hydrogen-bond acceptors (Lipinski definition) is 8. The van der Waals surface area contributed by atoms with Crippen LogP contribution in [0.2, 0.25) is 5.02 Å². The second-order valence-electron chi connectivity index (χ2n) is 8.41. The zero-order valence-electron chi connectivity index (χ0n) is 18.0. The molecule has 2 N–H and O–H groups in total. The number of halogens is 2. The molecular weight excluding hydrogens is 431 g/mol. The van der Waals surface area contributed by atoms with Gasteiger partial charge in [0.15, 0.2) is 11.6 Å². The Hall–Kier alpha value is -3.14. The Morgan fingerprint density at radius 1 is 1.06 bits per heavy atom. The van der Waals surface area contributed by atoms with Crippen LogP contribution in [0.4, 0.5) is 25.6 Å². The highest BCUT2D eigenvalue weighted by molar-refractivity contribution is 6.31. The molecule has 0 atom stereocenters. The average molecular weight is 455 g/mol. The number of benzene rings is 1. The lowest BCUT2D eigenvalue weighted by Gasteiger charge is -2.27. The molecule has 0 saturated heterocycles. The molecule has 1 aromatic carbocycles. The molecule has 0 bridgehead atoms. The molecule has 0 aliphatic heterocycles. The van der Waals surface area contributed by atoms with E-state index in [0.29, 0.717) is 4.90 Å². The zero-order chi connectivity index (χ0) is 23.6. The summed E-state index contributed by atoms with van der Waals surface area (Å²) in [7, 11) is 0. The number of amides is 2. The fourth-order valence-corrected chi connectivity index (χ4v) is 2.21. The van der Waals surface area contributed by atoms with Crippen LogP contribution in [-0.2, 0) is 9.47 Å². The Morgan fingerprint density at radius 3 is 2.10 bits per heavy atom. The van der Waals surface area contributed by atoms with Crippen LogP contribution in [0.25, 0.3) is 0 Å². The first kappa shape index (κ1) is 24.1. The van der Waals surface area contributed by atoms with Crippen molar-refractivity contribution in [1.29, 1.82) is 0 Å². The molecule has 1 heterocycles. The van der Waals surface area contributed by atoms with E-state index in [2.05, 4.69) is 9.97 Å². The van der Waals surface area contributed by atoms with E-state index in [4.69, 9.17) is 31.5 Å². The van der Waals surface area contributed by atoms with E-state index in [1.807, 2.05) is 0 Å². The first-order valence-electron chi connectivity index (χ1n) is 9.18. The average Bonchev–Trinajstić information content (AvgIpc) is 2.57. The number of nitrogen functional groups attached to an aromatic ring is 1. The molecule has 0 spiro atoms. The van der Waals surface area contributed by atoms with Crippen molar-refractivity contribution in [2.75, 3.05) is 10.6 Å². The number of rotatable bonds is 3. The number of nitrogens with zero attached hydrogens (tertiary/aromatic N) is 3. The van der Waals surface area contributed by atoms with Crippen LogP contribution < -0.4 is 15.4 Å². The maximum absolute atomic E-state index is 14.1. The SMILES string of the molecule is CC(C)(C)OC(=O)N(C(=O)OC(C)(C)C)c1ncc(Cl)c(Oc2ccc(N)cc2F)n1. The topological polar surface area (TPSA) is 117 Å². The van der Waals surface area contributed by atoms with E-state index in [1.165, 1.54) is 12.1 Å². The Labute approximate surface area is 184 Å². The lowest BCUT2D eigenvalue weighted by atomic mass is 10.2. The van der Waals surface area contributed by atoms with Gasteiger partial charge in [-0.2, -0.15) is 4.98 Å². The van der Waals surface area contributed by atoms with Gasteiger partial charge in [0.1, 0.15) is 16.2 Å². The van der Waals surface area contributed by atoms with Crippen molar-refractivity contribution in [3.05, 3.63) is 35.2 Å². The first-order chi connectivity index (χ1) is 14.2. The summed E-state index contributed by atoms with van der Waals surface area (Å²) in [5.41, 5.74) is 3.88. The van der Waals surface area contributed by atoms with Crippen LogP contribution in [-0.4, -0.2) is 33.4 Å². The molecule has 11 heteroatoms. The number of anilines is 2. The molecule has 0 unspecified atom stereocenters. The van der Waals surface area contributed by atoms with Gasteiger partial charge in [-0.15, -0.1) is 4.90 Å². The highest BCUT2D eigenvalue weighted by atomic mass is 35.5. The van der Waals surface area contributed by atoms with Gasteiger partial charge < -0.3 is 19.9 Å². The van der Waals surface area contributed by atoms with Gasteiger partial charge in [0.05, 0.1) is 6.20 Å². The van der Waals surface area contributed by atoms with E-state index in [1.54, 1.807) is 41.5 Å². The Kier molecular flexibility index (Phi) is 6.95. The van der Waals surface area contributed by atoms with E-state index < -0.39 is 35.2 Å². The molecule has 31 heavy (non-hydrogen) atoms. The lowest BCUT2D eigenvalue weighted by Crippen LogP contribution is -2.44. The van der Waals surface area contributed by atoms with Crippen molar-refractivity contribution in [1.82, 2.24) is 9.97 Å². The molecular formula is C20H24ClFN4O5. The fourth-order valence-electron chi connectivity index (χ4n) is 2.08.